The van der Waals surface area contributed by atoms with Gasteiger partial charge in [-0.3, -0.25) is 28.9 Å². The molecule has 0 bridgehead atoms. The molecule has 0 saturated carbocycles. The van der Waals surface area contributed by atoms with Crippen molar-refractivity contribution in [3.8, 4) is 5.75 Å². The van der Waals surface area contributed by atoms with Crippen LogP contribution in [0.25, 0.3) is 0 Å². The van der Waals surface area contributed by atoms with Gasteiger partial charge in [-0.1, -0.05) is 66.5 Å². The van der Waals surface area contributed by atoms with Crippen LogP contribution in [-0.2, 0) is 30.3 Å². The largest absolute Gasteiger partial charge is 0.508 e. The third-order valence-corrected chi connectivity index (χ3v) is 12.6. The molecule has 312 valence electrons. The van der Waals surface area contributed by atoms with Gasteiger partial charge < -0.3 is 30.5 Å². The summed E-state index contributed by atoms with van der Waals surface area (Å²) in [6.45, 7) is 13.8. The van der Waals surface area contributed by atoms with Crippen molar-refractivity contribution in [2.45, 2.75) is 130 Å². The van der Waals surface area contributed by atoms with Crippen molar-refractivity contribution < 1.29 is 38.9 Å². The Hall–Kier alpha value is -3.69. The number of thioether (sulfide) groups is 1. The van der Waals surface area contributed by atoms with E-state index in [0.29, 0.717) is 23.7 Å². The fraction of sp³-hybridized carbons (Fsp3) is 0.659. The molecule has 4 N–H and O–H groups in total. The van der Waals surface area contributed by atoms with Gasteiger partial charge in [-0.15, -0.1) is 23.1 Å². The fourth-order valence-corrected chi connectivity index (χ4v) is 8.73. The highest BCUT2D eigenvalue weighted by atomic mass is 32.2. The topological polar surface area (TPSA) is 178 Å². The van der Waals surface area contributed by atoms with Crippen LogP contribution in [0.3, 0.4) is 0 Å². The normalized spacial score (nSPS) is 17.9. The predicted molar refractivity (Wildman–Crippen MR) is 220 cm³/mol. The monoisotopic (exact) mass is 817 g/mol. The number of rotatable bonds is 22. The number of aromatic nitrogens is 1. The maximum atomic E-state index is 14.7. The Morgan fingerprint density at radius 2 is 1.75 bits per heavy atom. The van der Waals surface area contributed by atoms with E-state index in [0.717, 1.165) is 43.5 Å². The minimum Gasteiger partial charge on any atom is -0.508 e. The average Bonchev–Trinajstić information content (AvgIpc) is 3.65. The minimum absolute atomic E-state index is 0.0726. The molecule has 56 heavy (non-hydrogen) atoms. The second-order valence-electron chi connectivity index (χ2n) is 15.4. The number of aliphatic carboxylic acids is 1. The van der Waals surface area contributed by atoms with Gasteiger partial charge in [-0.25, -0.2) is 4.98 Å². The van der Waals surface area contributed by atoms with Crippen molar-refractivity contribution in [3.05, 3.63) is 45.9 Å². The molecule has 7 atom stereocenters. The number of carboxylic acids is 1. The van der Waals surface area contributed by atoms with Crippen LogP contribution >= 0.6 is 23.1 Å². The molecule has 0 radical (unpaired) electrons. The Kier molecular flexibility index (Phi) is 19.1. The number of nitrogens with zero attached hydrogens (tertiary/aromatic N) is 3. The third kappa shape index (κ3) is 14.0. The lowest BCUT2D eigenvalue weighted by Crippen LogP contribution is -2.58. The number of likely N-dealkylation sites (N-methyl/N-ethyl adjacent to an activating group) is 1. The molecule has 13 nitrogen and oxygen atoms in total. The van der Waals surface area contributed by atoms with Crippen LogP contribution in [-0.4, -0.2) is 104 Å². The number of carboxylic acid groups (broad SMARTS) is 1. The number of nitrogens with one attached hydrogen (secondary N) is 2. The van der Waals surface area contributed by atoms with Crippen molar-refractivity contribution in [1.29, 1.82) is 0 Å². The van der Waals surface area contributed by atoms with Gasteiger partial charge >= 0.3 is 11.9 Å². The average molecular weight is 818 g/mol. The zero-order chi connectivity index (χ0) is 41.5. The summed E-state index contributed by atoms with van der Waals surface area (Å²) < 4.78 is 5.87. The molecule has 1 aliphatic rings. The SMILES string of the molecule is CCCSCN(C(=O)[C@@H](NC(=O)[C@H]1CCCCN1C)C(C)CC)[C@H](C[C@@H](OC(C)=O)c1nc(C(=O)N[C@@H](Cc2ccc(O)cc2)C[C@H](C)C(=O)O)cs1)C(C)C. The lowest BCUT2D eigenvalue weighted by atomic mass is 9.92. The molecule has 0 spiro atoms. The summed E-state index contributed by atoms with van der Waals surface area (Å²) in [7, 11) is 1.95. The lowest BCUT2D eigenvalue weighted by molar-refractivity contribution is -0.149. The number of piperidine rings is 1. The van der Waals surface area contributed by atoms with Gasteiger partial charge in [0.05, 0.1) is 17.8 Å². The maximum Gasteiger partial charge on any atom is 0.306 e. The molecule has 1 saturated heterocycles. The van der Waals surface area contributed by atoms with E-state index in [1.807, 2.05) is 39.6 Å². The number of ether oxygens (including phenoxy) is 1. The number of hydrogen-bond acceptors (Lipinski definition) is 11. The van der Waals surface area contributed by atoms with E-state index in [-0.39, 0.29) is 54.0 Å². The van der Waals surface area contributed by atoms with Crippen LogP contribution in [0.5, 0.6) is 5.75 Å². The number of carbonyl (C=O) groups excluding carboxylic acids is 4. The number of phenolic OH excluding ortho intramolecular Hbond substituents is 1. The van der Waals surface area contributed by atoms with Crippen molar-refractivity contribution in [3.63, 3.8) is 0 Å². The molecule has 3 rings (SSSR count). The van der Waals surface area contributed by atoms with Crippen LogP contribution in [0.4, 0.5) is 0 Å². The van der Waals surface area contributed by atoms with E-state index >= 15 is 0 Å². The summed E-state index contributed by atoms with van der Waals surface area (Å²) in [6.07, 6.45) is 4.20. The third-order valence-electron chi connectivity index (χ3n) is 10.5. The highest BCUT2D eigenvalue weighted by Crippen LogP contribution is 2.32. The number of phenols is 1. The maximum absolute atomic E-state index is 14.7. The van der Waals surface area contributed by atoms with Gasteiger partial charge in [-0.05, 0) is 81.0 Å². The first-order valence-corrected chi connectivity index (χ1v) is 21.9. The number of benzene rings is 1. The Bertz CT molecular complexity index is 1590. The lowest BCUT2D eigenvalue weighted by Gasteiger charge is -2.40. The zero-order valence-electron chi connectivity index (χ0n) is 34.3. The Balaban J connectivity index is 1.91. The van der Waals surface area contributed by atoms with Crippen LogP contribution in [0.1, 0.15) is 121 Å². The molecule has 1 aromatic heterocycles. The van der Waals surface area contributed by atoms with Gasteiger partial charge in [0, 0.05) is 30.8 Å². The number of esters is 1. The number of thiazole rings is 1. The Labute approximate surface area is 340 Å². The van der Waals surface area contributed by atoms with Crippen LogP contribution in [0.2, 0.25) is 0 Å². The molecular weight excluding hydrogens is 755 g/mol. The standard InChI is InChI=1S/C41H63N5O8S2/c1-9-19-55-24-46(40(51)36(26(5)10-2)44-38(50)33-13-11-12-18-45(33)8)34(25(3)4)22-35(54-28(7)47)39-43-32(23-56-39)37(49)42-30(20-27(6)41(52)53)21-29-14-16-31(48)17-15-29/h14-17,23,25-27,30,33-36,48H,9-13,18-22,24H2,1-8H3,(H,42,49)(H,44,50)(H,52,53)/t26?,27-,30+,33+,34+,35+,36-/m0/s1. The highest BCUT2D eigenvalue weighted by molar-refractivity contribution is 7.99. The van der Waals surface area contributed by atoms with Gasteiger partial charge in [0.25, 0.3) is 5.91 Å². The summed E-state index contributed by atoms with van der Waals surface area (Å²) in [5.74, 6) is -1.94. The summed E-state index contributed by atoms with van der Waals surface area (Å²) in [4.78, 5) is 74.8. The molecule has 15 heteroatoms. The van der Waals surface area contributed by atoms with E-state index in [4.69, 9.17) is 4.74 Å². The Morgan fingerprint density at radius 3 is 2.34 bits per heavy atom. The molecule has 1 aliphatic heterocycles. The molecule has 2 aromatic rings. The number of aromatic hydroxyl groups is 1. The zero-order valence-corrected chi connectivity index (χ0v) is 35.9. The van der Waals surface area contributed by atoms with Gasteiger partial charge in [0.1, 0.15) is 22.5 Å². The quantitative estimate of drug-likeness (QED) is 0.0599. The van der Waals surface area contributed by atoms with Gasteiger partial charge in [0.2, 0.25) is 11.8 Å². The van der Waals surface area contributed by atoms with Crippen LogP contribution < -0.4 is 10.6 Å². The molecule has 1 fully saturated rings. The predicted octanol–water partition coefficient (Wildman–Crippen LogP) is 6.26. The van der Waals surface area contributed by atoms with E-state index in [2.05, 4.69) is 27.4 Å². The molecule has 0 aliphatic carbocycles. The summed E-state index contributed by atoms with van der Waals surface area (Å²) in [6, 6.07) is 4.52. The number of hydrogen-bond donors (Lipinski definition) is 4. The number of carbonyl (C=O) groups is 5. The fourth-order valence-electron chi connectivity index (χ4n) is 6.96. The highest BCUT2D eigenvalue weighted by Gasteiger charge is 2.39. The van der Waals surface area contributed by atoms with Crippen molar-refractivity contribution >= 4 is 52.8 Å². The first-order chi connectivity index (χ1) is 26.6. The summed E-state index contributed by atoms with van der Waals surface area (Å²) in [5, 5.41) is 27.4. The van der Waals surface area contributed by atoms with Crippen molar-refractivity contribution in [2.24, 2.45) is 17.8 Å². The second kappa shape index (κ2) is 22.9. The van der Waals surface area contributed by atoms with Crippen LogP contribution in [0, 0.1) is 17.8 Å². The molecule has 3 amide bonds. The summed E-state index contributed by atoms with van der Waals surface area (Å²) >= 11 is 2.81. The van der Waals surface area contributed by atoms with Gasteiger partial charge in [-0.2, -0.15) is 0 Å². The number of amides is 3. The van der Waals surface area contributed by atoms with E-state index in [1.165, 1.54) is 30.4 Å². The molecular formula is C41H63N5O8S2. The number of likely N-dealkylation sites (tertiary alicyclic amines) is 1. The summed E-state index contributed by atoms with van der Waals surface area (Å²) in [5.41, 5.74) is 0.910. The molecule has 1 aromatic carbocycles. The van der Waals surface area contributed by atoms with Crippen LogP contribution in [0.15, 0.2) is 29.6 Å². The smallest absolute Gasteiger partial charge is 0.306 e. The van der Waals surface area contributed by atoms with E-state index in [1.54, 1.807) is 36.2 Å². The van der Waals surface area contributed by atoms with E-state index in [9.17, 15) is 34.2 Å². The minimum atomic E-state index is -0.981. The second-order valence-corrected chi connectivity index (χ2v) is 17.4. The Morgan fingerprint density at radius 1 is 1.05 bits per heavy atom. The molecule has 2 heterocycles. The first-order valence-electron chi connectivity index (χ1n) is 19.9. The first kappa shape index (κ1) is 46.7. The van der Waals surface area contributed by atoms with Crippen molar-refractivity contribution in [1.82, 2.24) is 25.4 Å². The van der Waals surface area contributed by atoms with Gasteiger partial charge in [0.15, 0.2) is 6.10 Å². The van der Waals surface area contributed by atoms with Crippen molar-refractivity contribution in [2.75, 3.05) is 25.2 Å². The molecule has 1 unspecified atom stereocenters. The van der Waals surface area contributed by atoms with E-state index < -0.39 is 48.0 Å².